The molecule has 0 aliphatic rings. The molecule has 0 bridgehead atoms. The Hall–Kier alpha value is -4.17. The minimum atomic E-state index is -0.295. The van der Waals surface area contributed by atoms with Crippen molar-refractivity contribution in [1.82, 2.24) is 14.5 Å². The molecule has 5 aromatic rings. The van der Waals surface area contributed by atoms with Crippen LogP contribution >= 0.6 is 12.2 Å². The summed E-state index contributed by atoms with van der Waals surface area (Å²) in [5.74, 6) is 1.24. The van der Waals surface area contributed by atoms with Crippen molar-refractivity contribution in [3.8, 4) is 34.0 Å². The van der Waals surface area contributed by atoms with E-state index in [0.29, 0.717) is 45.2 Å². The van der Waals surface area contributed by atoms with Crippen molar-refractivity contribution < 1.29 is 9.15 Å². The molecule has 0 aliphatic carbocycles. The summed E-state index contributed by atoms with van der Waals surface area (Å²) in [5.41, 5.74) is 9.32. The highest BCUT2D eigenvalue weighted by atomic mass is 32.1. The van der Waals surface area contributed by atoms with Crippen molar-refractivity contribution in [3.63, 3.8) is 0 Å². The molecule has 5 rings (SSSR count). The van der Waals surface area contributed by atoms with Gasteiger partial charge < -0.3 is 19.9 Å². The van der Waals surface area contributed by atoms with Gasteiger partial charge in [0.1, 0.15) is 17.2 Å². The van der Waals surface area contributed by atoms with Crippen LogP contribution in [0.1, 0.15) is 0 Å². The number of anilines is 1. The fourth-order valence-electron chi connectivity index (χ4n) is 3.61. The first-order valence-electron chi connectivity index (χ1n) is 9.79. The van der Waals surface area contributed by atoms with Crippen LogP contribution in [0.4, 0.5) is 5.69 Å². The molecule has 8 heteroatoms. The smallest absolute Gasteiger partial charge is 0.269 e. The van der Waals surface area contributed by atoms with Crippen LogP contribution < -0.4 is 16.0 Å². The second-order valence-corrected chi connectivity index (χ2v) is 7.53. The standard InChI is InChI=1S/C24H18N4O3S/c1-30-17-10-8-16(9-11-17)28-23(29)21-18(20-3-2-12-31-20)13-19(26-22(21)27-24(28)32)14-4-6-15(25)7-5-14/h2-13H,25H2,1H3,(H,26,27,32). The first-order valence-corrected chi connectivity index (χ1v) is 10.2. The summed E-state index contributed by atoms with van der Waals surface area (Å²) in [5, 5.41) is 0.378. The number of aromatic nitrogens is 3. The molecule has 32 heavy (non-hydrogen) atoms. The molecule has 0 saturated carbocycles. The Kier molecular flexibility index (Phi) is 4.84. The maximum absolute atomic E-state index is 13.7. The topological polar surface area (TPSA) is 99.1 Å². The Bertz CT molecular complexity index is 1530. The largest absolute Gasteiger partial charge is 0.497 e. The van der Waals surface area contributed by atoms with Crippen LogP contribution in [0.25, 0.3) is 39.3 Å². The fraction of sp³-hybridized carbons (Fsp3) is 0.0417. The number of nitrogens with zero attached hydrogens (tertiary/aromatic N) is 2. The van der Waals surface area contributed by atoms with E-state index in [1.165, 1.54) is 4.57 Å². The number of rotatable bonds is 4. The zero-order valence-electron chi connectivity index (χ0n) is 17.0. The number of furan rings is 1. The van der Waals surface area contributed by atoms with E-state index in [1.807, 2.05) is 18.2 Å². The summed E-state index contributed by atoms with van der Waals surface area (Å²) in [6.07, 6.45) is 1.57. The lowest BCUT2D eigenvalue weighted by molar-refractivity contribution is 0.414. The fourth-order valence-corrected chi connectivity index (χ4v) is 3.89. The molecule has 0 amide bonds. The number of nitrogen functional groups attached to an aromatic ring is 1. The van der Waals surface area contributed by atoms with E-state index in [1.54, 1.807) is 61.9 Å². The van der Waals surface area contributed by atoms with Crippen molar-refractivity contribution >= 4 is 28.9 Å². The molecule has 0 saturated heterocycles. The molecule has 2 aromatic carbocycles. The highest BCUT2D eigenvalue weighted by Crippen LogP contribution is 2.31. The van der Waals surface area contributed by atoms with Crippen LogP contribution in [0, 0.1) is 4.77 Å². The summed E-state index contributed by atoms with van der Waals surface area (Å²) >= 11 is 5.53. The number of methoxy groups -OCH3 is 1. The Morgan fingerprint density at radius 3 is 2.50 bits per heavy atom. The number of pyridine rings is 1. The number of H-pyrrole nitrogens is 1. The SMILES string of the molecule is COc1ccc(-n2c(=S)[nH]c3nc(-c4ccc(N)cc4)cc(-c4ccco4)c3c2=O)cc1. The highest BCUT2D eigenvalue weighted by Gasteiger charge is 2.18. The van der Waals surface area contributed by atoms with E-state index >= 15 is 0 Å². The van der Waals surface area contributed by atoms with Gasteiger partial charge in [0.25, 0.3) is 5.56 Å². The maximum atomic E-state index is 13.7. The number of nitrogens with one attached hydrogen (secondary N) is 1. The predicted molar refractivity (Wildman–Crippen MR) is 127 cm³/mol. The van der Waals surface area contributed by atoms with Crippen LogP contribution in [0.15, 0.2) is 82.2 Å². The second-order valence-electron chi connectivity index (χ2n) is 7.15. The molecule has 3 aromatic heterocycles. The van der Waals surface area contributed by atoms with E-state index in [2.05, 4.69) is 4.98 Å². The van der Waals surface area contributed by atoms with Gasteiger partial charge in [0.05, 0.1) is 30.1 Å². The summed E-state index contributed by atoms with van der Waals surface area (Å²) < 4.78 is 12.5. The molecule has 0 unspecified atom stereocenters. The number of nitrogens with two attached hydrogens (primary N) is 1. The van der Waals surface area contributed by atoms with Gasteiger partial charge in [0.2, 0.25) is 0 Å². The summed E-state index contributed by atoms with van der Waals surface area (Å²) in [6.45, 7) is 0. The molecule has 3 heterocycles. The van der Waals surface area contributed by atoms with E-state index in [-0.39, 0.29) is 10.3 Å². The molecule has 158 valence electrons. The normalized spacial score (nSPS) is 11.0. The zero-order valence-corrected chi connectivity index (χ0v) is 17.8. The van der Waals surface area contributed by atoms with Crippen molar-refractivity contribution in [2.24, 2.45) is 0 Å². The van der Waals surface area contributed by atoms with Crippen LogP contribution in [-0.4, -0.2) is 21.6 Å². The molecule has 3 N–H and O–H groups in total. The molecule has 0 spiro atoms. The van der Waals surface area contributed by atoms with Crippen molar-refractivity contribution in [1.29, 1.82) is 0 Å². The van der Waals surface area contributed by atoms with Gasteiger partial charge in [-0.15, -0.1) is 0 Å². The van der Waals surface area contributed by atoms with Gasteiger partial charge in [-0.2, -0.15) is 0 Å². The lowest BCUT2D eigenvalue weighted by atomic mass is 10.0. The third-order valence-electron chi connectivity index (χ3n) is 5.19. The Morgan fingerprint density at radius 2 is 1.84 bits per heavy atom. The number of aromatic amines is 1. The highest BCUT2D eigenvalue weighted by molar-refractivity contribution is 7.71. The molecule has 0 radical (unpaired) electrons. The van der Waals surface area contributed by atoms with Gasteiger partial charge >= 0.3 is 0 Å². The molecule has 0 fully saturated rings. The van der Waals surface area contributed by atoms with E-state index in [0.717, 1.165) is 5.56 Å². The van der Waals surface area contributed by atoms with E-state index in [9.17, 15) is 4.79 Å². The van der Waals surface area contributed by atoms with Gasteiger partial charge in [-0.3, -0.25) is 9.36 Å². The number of benzene rings is 2. The molecular weight excluding hydrogens is 424 g/mol. The van der Waals surface area contributed by atoms with E-state index in [4.69, 9.17) is 32.1 Å². The van der Waals surface area contributed by atoms with Crippen LogP contribution in [0.3, 0.4) is 0 Å². The van der Waals surface area contributed by atoms with Crippen molar-refractivity contribution in [3.05, 3.63) is 88.1 Å². The van der Waals surface area contributed by atoms with Crippen molar-refractivity contribution in [2.75, 3.05) is 12.8 Å². The van der Waals surface area contributed by atoms with Gasteiger partial charge in [-0.05, 0) is 66.8 Å². The summed E-state index contributed by atoms with van der Waals surface area (Å²) in [4.78, 5) is 21.5. The average Bonchev–Trinajstić information content (AvgIpc) is 3.34. The number of ether oxygens (including phenoxy) is 1. The van der Waals surface area contributed by atoms with Gasteiger partial charge in [-0.1, -0.05) is 12.1 Å². The molecule has 0 aliphatic heterocycles. The van der Waals surface area contributed by atoms with Crippen LogP contribution in [0.5, 0.6) is 5.75 Å². The van der Waals surface area contributed by atoms with Gasteiger partial charge in [-0.25, -0.2) is 4.98 Å². The number of fused-ring (bicyclic) bond motifs is 1. The first kappa shape index (κ1) is 19.8. The van der Waals surface area contributed by atoms with Crippen LogP contribution in [0.2, 0.25) is 0 Å². The lowest BCUT2D eigenvalue weighted by Crippen LogP contribution is -2.21. The quantitative estimate of drug-likeness (QED) is 0.301. The lowest BCUT2D eigenvalue weighted by Gasteiger charge is -2.12. The molecular formula is C24H18N4O3S. The number of hydrogen-bond acceptors (Lipinski definition) is 6. The third kappa shape index (κ3) is 3.36. The first-order chi connectivity index (χ1) is 15.5. The minimum absolute atomic E-state index is 0.236. The van der Waals surface area contributed by atoms with Crippen molar-refractivity contribution in [2.45, 2.75) is 0 Å². The molecule has 0 atom stereocenters. The Labute approximate surface area is 187 Å². The summed E-state index contributed by atoms with van der Waals surface area (Å²) in [6, 6.07) is 19.9. The Morgan fingerprint density at radius 1 is 1.09 bits per heavy atom. The third-order valence-corrected chi connectivity index (χ3v) is 5.47. The van der Waals surface area contributed by atoms with Gasteiger partial charge in [0, 0.05) is 16.8 Å². The average molecular weight is 443 g/mol. The monoisotopic (exact) mass is 442 g/mol. The van der Waals surface area contributed by atoms with Crippen LogP contribution in [-0.2, 0) is 0 Å². The Balaban J connectivity index is 1.82. The maximum Gasteiger partial charge on any atom is 0.269 e. The second kappa shape index (κ2) is 7.82. The van der Waals surface area contributed by atoms with Gasteiger partial charge in [0.15, 0.2) is 4.77 Å². The number of hydrogen-bond donors (Lipinski definition) is 2. The van der Waals surface area contributed by atoms with E-state index < -0.39 is 0 Å². The molecule has 7 nitrogen and oxygen atoms in total. The minimum Gasteiger partial charge on any atom is -0.497 e. The zero-order chi connectivity index (χ0) is 22.2. The predicted octanol–water partition coefficient (Wildman–Crippen LogP) is 4.96. The summed E-state index contributed by atoms with van der Waals surface area (Å²) in [7, 11) is 1.59.